The molecule has 0 amide bonds. The summed E-state index contributed by atoms with van der Waals surface area (Å²) in [6, 6.07) is 10.6. The van der Waals surface area contributed by atoms with Crippen molar-refractivity contribution in [2.75, 3.05) is 6.61 Å². The fraction of sp³-hybridized carbons (Fsp3) is 0.200. The van der Waals surface area contributed by atoms with Crippen LogP contribution in [0.1, 0.15) is 22.7 Å². The third kappa shape index (κ3) is 2.38. The molecule has 1 aliphatic heterocycles. The average Bonchev–Trinajstić information content (AvgIpc) is 2.88. The molecule has 3 rings (SSSR count). The second-order valence-corrected chi connectivity index (χ2v) is 5.47. The summed E-state index contributed by atoms with van der Waals surface area (Å²) in [4.78, 5) is 0. The molecule has 98 valence electrons. The molecule has 0 aromatic heterocycles. The highest BCUT2D eigenvalue weighted by Gasteiger charge is 2.16. The number of hydrogen-bond donors (Lipinski definition) is 1. The number of benzene rings is 2. The van der Waals surface area contributed by atoms with Gasteiger partial charge >= 0.3 is 0 Å². The van der Waals surface area contributed by atoms with Gasteiger partial charge in [-0.2, -0.15) is 0 Å². The van der Waals surface area contributed by atoms with Crippen molar-refractivity contribution in [1.29, 1.82) is 0 Å². The number of ether oxygens (including phenoxy) is 1. The van der Waals surface area contributed by atoms with Crippen molar-refractivity contribution in [3.05, 3.63) is 63.4 Å². The molecule has 2 N–H and O–H groups in total. The Balaban J connectivity index is 1.94. The zero-order valence-electron chi connectivity index (χ0n) is 10.2. The zero-order valence-corrected chi connectivity index (χ0v) is 11.8. The van der Waals surface area contributed by atoms with Gasteiger partial charge in [0.2, 0.25) is 0 Å². The van der Waals surface area contributed by atoms with E-state index in [9.17, 15) is 4.39 Å². The number of hydrogen-bond acceptors (Lipinski definition) is 2. The topological polar surface area (TPSA) is 35.2 Å². The van der Waals surface area contributed by atoms with Crippen LogP contribution < -0.4 is 10.5 Å². The predicted molar refractivity (Wildman–Crippen MR) is 75.8 cm³/mol. The number of nitrogens with two attached hydrogens (primary N) is 1. The van der Waals surface area contributed by atoms with E-state index in [1.165, 1.54) is 11.6 Å². The minimum atomic E-state index is -0.325. The summed E-state index contributed by atoms with van der Waals surface area (Å²) in [5.41, 5.74) is 9.12. The van der Waals surface area contributed by atoms with Crippen molar-refractivity contribution >= 4 is 15.9 Å². The Hall–Kier alpha value is -1.39. The van der Waals surface area contributed by atoms with E-state index in [1.807, 2.05) is 24.3 Å². The third-order valence-corrected chi connectivity index (χ3v) is 4.02. The average molecular weight is 322 g/mol. The van der Waals surface area contributed by atoms with E-state index in [0.29, 0.717) is 4.47 Å². The predicted octanol–water partition coefficient (Wildman–Crippen LogP) is 3.57. The van der Waals surface area contributed by atoms with Gasteiger partial charge in [-0.25, -0.2) is 4.39 Å². The van der Waals surface area contributed by atoms with Crippen LogP contribution in [-0.2, 0) is 6.42 Å². The minimum Gasteiger partial charge on any atom is -0.493 e. The minimum absolute atomic E-state index is 0.294. The fourth-order valence-corrected chi connectivity index (χ4v) is 2.54. The third-order valence-electron chi connectivity index (χ3n) is 3.38. The van der Waals surface area contributed by atoms with Crippen molar-refractivity contribution in [3.8, 4) is 5.75 Å². The maximum absolute atomic E-state index is 13.6. The van der Waals surface area contributed by atoms with Crippen LogP contribution in [0.4, 0.5) is 4.39 Å². The molecule has 0 saturated heterocycles. The Morgan fingerprint density at radius 3 is 2.68 bits per heavy atom. The van der Waals surface area contributed by atoms with Gasteiger partial charge in [-0.05, 0) is 50.8 Å². The highest BCUT2D eigenvalue weighted by molar-refractivity contribution is 9.10. The van der Waals surface area contributed by atoms with Gasteiger partial charge in [0.15, 0.2) is 0 Å². The number of halogens is 2. The van der Waals surface area contributed by atoms with Gasteiger partial charge in [0.25, 0.3) is 0 Å². The molecule has 1 heterocycles. The molecule has 2 nitrogen and oxygen atoms in total. The smallest absolute Gasteiger partial charge is 0.137 e. The first-order valence-electron chi connectivity index (χ1n) is 6.11. The molecule has 0 fully saturated rings. The van der Waals surface area contributed by atoms with Gasteiger partial charge in [-0.15, -0.1) is 0 Å². The normalized spacial score (nSPS) is 14.9. The molecule has 1 aliphatic rings. The maximum Gasteiger partial charge on any atom is 0.137 e. The van der Waals surface area contributed by atoms with Crippen LogP contribution >= 0.6 is 15.9 Å². The lowest BCUT2D eigenvalue weighted by molar-refractivity contribution is 0.357. The van der Waals surface area contributed by atoms with Crippen molar-refractivity contribution in [3.63, 3.8) is 0 Å². The lowest BCUT2D eigenvalue weighted by Crippen LogP contribution is -2.12. The summed E-state index contributed by atoms with van der Waals surface area (Å²) >= 11 is 3.14. The van der Waals surface area contributed by atoms with Crippen molar-refractivity contribution in [2.45, 2.75) is 12.5 Å². The second kappa shape index (κ2) is 4.94. The van der Waals surface area contributed by atoms with Gasteiger partial charge in [0.05, 0.1) is 17.1 Å². The monoisotopic (exact) mass is 321 g/mol. The van der Waals surface area contributed by atoms with Crippen LogP contribution in [0.15, 0.2) is 40.9 Å². The number of fused-ring (bicyclic) bond motifs is 1. The molecule has 4 heteroatoms. The molecule has 2 aromatic rings. The summed E-state index contributed by atoms with van der Waals surface area (Å²) in [7, 11) is 0. The maximum atomic E-state index is 13.6. The zero-order chi connectivity index (χ0) is 13.4. The first kappa shape index (κ1) is 12.6. The summed E-state index contributed by atoms with van der Waals surface area (Å²) in [5, 5.41) is 0. The molecule has 0 saturated carbocycles. The van der Waals surface area contributed by atoms with Crippen LogP contribution in [0, 0.1) is 5.82 Å². The standard InChI is InChI=1S/C15H13BrFNO/c16-12-3-1-11(8-13(12)17)15(18)10-2-4-14-9(7-10)5-6-19-14/h1-4,7-8,15H,5-6,18H2. The Kier molecular flexibility index (Phi) is 3.29. The van der Waals surface area contributed by atoms with E-state index < -0.39 is 0 Å². The van der Waals surface area contributed by atoms with Gasteiger partial charge in [0.1, 0.15) is 11.6 Å². The molecule has 0 bridgehead atoms. The van der Waals surface area contributed by atoms with E-state index >= 15 is 0 Å². The van der Waals surface area contributed by atoms with Gasteiger partial charge in [-0.3, -0.25) is 0 Å². The fourth-order valence-electron chi connectivity index (χ4n) is 2.30. The van der Waals surface area contributed by atoms with Gasteiger partial charge in [0, 0.05) is 6.42 Å². The summed E-state index contributed by atoms with van der Waals surface area (Å²) in [6.45, 7) is 0.723. The van der Waals surface area contributed by atoms with E-state index in [4.69, 9.17) is 10.5 Å². The summed E-state index contributed by atoms with van der Waals surface area (Å²) in [5.74, 6) is 0.635. The Bertz CT molecular complexity index is 630. The summed E-state index contributed by atoms with van der Waals surface area (Å²) < 4.78 is 19.5. The van der Waals surface area contributed by atoms with E-state index in [0.717, 1.165) is 29.9 Å². The molecular formula is C15H13BrFNO. The van der Waals surface area contributed by atoms with Crippen molar-refractivity contribution in [2.24, 2.45) is 5.73 Å². The molecule has 0 spiro atoms. The molecule has 1 atom stereocenters. The van der Waals surface area contributed by atoms with Crippen LogP contribution in [-0.4, -0.2) is 6.61 Å². The van der Waals surface area contributed by atoms with Crippen molar-refractivity contribution < 1.29 is 9.13 Å². The number of rotatable bonds is 2. The lowest BCUT2D eigenvalue weighted by atomic mass is 9.97. The Morgan fingerprint density at radius 1 is 1.16 bits per heavy atom. The van der Waals surface area contributed by atoms with E-state index in [2.05, 4.69) is 15.9 Å². The second-order valence-electron chi connectivity index (χ2n) is 4.62. The SMILES string of the molecule is NC(c1ccc(Br)c(F)c1)c1ccc2c(c1)CCO2. The van der Waals surface area contributed by atoms with Crippen LogP contribution in [0.3, 0.4) is 0 Å². The molecule has 0 aliphatic carbocycles. The lowest BCUT2D eigenvalue weighted by Gasteiger charge is -2.14. The Labute approximate surface area is 119 Å². The first-order chi connectivity index (χ1) is 9.15. The highest BCUT2D eigenvalue weighted by Crippen LogP contribution is 2.30. The molecule has 1 unspecified atom stereocenters. The van der Waals surface area contributed by atoms with Crippen LogP contribution in [0.2, 0.25) is 0 Å². The van der Waals surface area contributed by atoms with Crippen LogP contribution in [0.5, 0.6) is 5.75 Å². The van der Waals surface area contributed by atoms with Crippen LogP contribution in [0.25, 0.3) is 0 Å². The first-order valence-corrected chi connectivity index (χ1v) is 6.90. The van der Waals surface area contributed by atoms with E-state index in [1.54, 1.807) is 6.07 Å². The Morgan fingerprint density at radius 2 is 1.89 bits per heavy atom. The van der Waals surface area contributed by atoms with E-state index in [-0.39, 0.29) is 11.9 Å². The molecular weight excluding hydrogens is 309 g/mol. The quantitative estimate of drug-likeness (QED) is 0.917. The largest absolute Gasteiger partial charge is 0.493 e. The van der Waals surface area contributed by atoms with Crippen molar-refractivity contribution in [1.82, 2.24) is 0 Å². The highest BCUT2D eigenvalue weighted by atomic mass is 79.9. The molecule has 0 radical (unpaired) electrons. The van der Waals surface area contributed by atoms with Gasteiger partial charge in [-0.1, -0.05) is 18.2 Å². The summed E-state index contributed by atoms with van der Waals surface area (Å²) in [6.07, 6.45) is 0.907. The molecule has 19 heavy (non-hydrogen) atoms. The van der Waals surface area contributed by atoms with Gasteiger partial charge < -0.3 is 10.5 Å². The molecule has 2 aromatic carbocycles.